The van der Waals surface area contributed by atoms with E-state index in [-0.39, 0.29) is 11.2 Å². The third-order valence-electron chi connectivity index (χ3n) is 4.28. The Morgan fingerprint density at radius 3 is 2.39 bits per heavy atom. The number of aryl methyl sites for hydroxylation is 1. The van der Waals surface area contributed by atoms with Gasteiger partial charge in [0.15, 0.2) is 0 Å². The van der Waals surface area contributed by atoms with Crippen molar-refractivity contribution in [2.45, 2.75) is 13.5 Å². The van der Waals surface area contributed by atoms with Crippen LogP contribution in [0.1, 0.15) is 11.1 Å². The van der Waals surface area contributed by atoms with Crippen LogP contribution in [0.5, 0.6) is 17.2 Å². The summed E-state index contributed by atoms with van der Waals surface area (Å²) in [6.45, 7) is 2.38. The van der Waals surface area contributed by atoms with Gasteiger partial charge in [0.05, 0.1) is 5.39 Å². The molecule has 1 heterocycles. The number of halogens is 1. The van der Waals surface area contributed by atoms with Gasteiger partial charge in [0.1, 0.15) is 30.0 Å². The molecule has 0 radical (unpaired) electrons. The van der Waals surface area contributed by atoms with Crippen LogP contribution >= 0.6 is 11.6 Å². The Balaban J connectivity index is 1.54. The fourth-order valence-electron chi connectivity index (χ4n) is 2.73. The average molecular weight is 393 g/mol. The second-order valence-electron chi connectivity index (χ2n) is 6.42. The second kappa shape index (κ2) is 7.79. The lowest BCUT2D eigenvalue weighted by molar-refractivity contribution is 0.306. The van der Waals surface area contributed by atoms with Gasteiger partial charge in [-0.15, -0.1) is 0 Å². The van der Waals surface area contributed by atoms with E-state index in [0.29, 0.717) is 34.1 Å². The summed E-state index contributed by atoms with van der Waals surface area (Å²) in [5, 5.41) is 1.11. The molecule has 1 aromatic heterocycles. The summed E-state index contributed by atoms with van der Waals surface area (Å²) < 4.78 is 17.1. The number of hydrogen-bond donors (Lipinski definition) is 0. The van der Waals surface area contributed by atoms with Gasteiger partial charge in [-0.05, 0) is 48.9 Å². The Bertz CT molecular complexity index is 1160. The van der Waals surface area contributed by atoms with Gasteiger partial charge in [0, 0.05) is 11.1 Å². The lowest BCUT2D eigenvalue weighted by Gasteiger charge is -2.08. The maximum absolute atomic E-state index is 12.7. The van der Waals surface area contributed by atoms with Crippen LogP contribution in [-0.4, -0.2) is 0 Å². The number of benzene rings is 3. The Hall–Kier alpha value is -3.24. The van der Waals surface area contributed by atoms with Crippen LogP contribution in [0.15, 0.2) is 82.2 Å². The number of rotatable bonds is 5. The quantitative estimate of drug-likeness (QED) is 0.410. The van der Waals surface area contributed by atoms with Crippen molar-refractivity contribution in [2.75, 3.05) is 0 Å². The number of hydrogen-bond acceptors (Lipinski definition) is 4. The van der Waals surface area contributed by atoms with E-state index < -0.39 is 0 Å². The fraction of sp³-hybridized carbons (Fsp3) is 0.0870. The predicted molar refractivity (Wildman–Crippen MR) is 110 cm³/mol. The molecule has 5 heteroatoms. The van der Waals surface area contributed by atoms with Gasteiger partial charge in [-0.1, -0.05) is 41.4 Å². The summed E-state index contributed by atoms with van der Waals surface area (Å²) in [7, 11) is 0. The van der Waals surface area contributed by atoms with E-state index in [2.05, 4.69) is 0 Å². The van der Waals surface area contributed by atoms with Crippen molar-refractivity contribution in [3.05, 3.63) is 99.4 Å². The van der Waals surface area contributed by atoms with Gasteiger partial charge in [0.2, 0.25) is 11.2 Å². The molecule has 0 aliphatic rings. The summed E-state index contributed by atoms with van der Waals surface area (Å²) in [5.74, 6) is 1.34. The van der Waals surface area contributed by atoms with Gasteiger partial charge in [-0.25, -0.2) is 0 Å². The highest BCUT2D eigenvalue weighted by molar-refractivity contribution is 6.30. The Morgan fingerprint density at radius 2 is 1.64 bits per heavy atom. The smallest absolute Gasteiger partial charge is 0.235 e. The molecule has 4 aromatic rings. The van der Waals surface area contributed by atoms with Gasteiger partial charge in [-0.3, -0.25) is 4.79 Å². The van der Waals surface area contributed by atoms with E-state index in [1.807, 2.05) is 55.5 Å². The van der Waals surface area contributed by atoms with E-state index in [1.54, 1.807) is 18.2 Å². The molecule has 3 aromatic carbocycles. The summed E-state index contributed by atoms with van der Waals surface area (Å²) in [4.78, 5) is 12.7. The molecule has 0 bridgehead atoms. The van der Waals surface area contributed by atoms with Gasteiger partial charge in [-0.2, -0.15) is 0 Å². The Labute approximate surface area is 166 Å². The third kappa shape index (κ3) is 4.02. The van der Waals surface area contributed by atoms with Crippen LogP contribution in [-0.2, 0) is 6.61 Å². The summed E-state index contributed by atoms with van der Waals surface area (Å²) in [5.41, 5.74) is 2.32. The third-order valence-corrected chi connectivity index (χ3v) is 4.53. The van der Waals surface area contributed by atoms with Crippen molar-refractivity contribution in [3.8, 4) is 17.2 Å². The maximum atomic E-state index is 12.7. The van der Waals surface area contributed by atoms with Crippen LogP contribution in [0, 0.1) is 6.92 Å². The second-order valence-corrected chi connectivity index (χ2v) is 6.85. The van der Waals surface area contributed by atoms with Crippen LogP contribution in [0.3, 0.4) is 0 Å². The zero-order valence-corrected chi connectivity index (χ0v) is 15.9. The van der Waals surface area contributed by atoms with Crippen molar-refractivity contribution in [1.82, 2.24) is 0 Å². The standard InChI is InChI=1S/C23H17ClO4/c1-15-2-8-18(9-3-15)28-22-14-27-21-12-19(10-11-20(21)23(22)25)26-13-16-4-6-17(24)7-5-16/h2-12,14H,13H2,1H3. The Kier molecular flexibility index (Phi) is 5.04. The maximum Gasteiger partial charge on any atom is 0.235 e. The van der Waals surface area contributed by atoms with Crippen molar-refractivity contribution >= 4 is 22.6 Å². The lowest BCUT2D eigenvalue weighted by Crippen LogP contribution is -2.05. The molecular formula is C23H17ClO4. The number of fused-ring (bicyclic) bond motifs is 1. The minimum absolute atomic E-state index is 0.145. The van der Waals surface area contributed by atoms with Crippen LogP contribution in [0.2, 0.25) is 5.02 Å². The predicted octanol–water partition coefficient (Wildman–Crippen LogP) is 6.13. The largest absolute Gasteiger partial charge is 0.489 e. The van der Waals surface area contributed by atoms with Crippen molar-refractivity contribution in [1.29, 1.82) is 0 Å². The highest BCUT2D eigenvalue weighted by Gasteiger charge is 2.10. The molecular weight excluding hydrogens is 376 g/mol. The Morgan fingerprint density at radius 1 is 0.929 bits per heavy atom. The first kappa shape index (κ1) is 18.1. The molecule has 0 aliphatic heterocycles. The molecule has 0 spiro atoms. The molecule has 0 saturated heterocycles. The minimum Gasteiger partial charge on any atom is -0.489 e. The normalized spacial score (nSPS) is 10.8. The van der Waals surface area contributed by atoms with E-state index in [4.69, 9.17) is 25.5 Å². The minimum atomic E-state index is -0.230. The van der Waals surface area contributed by atoms with Crippen LogP contribution < -0.4 is 14.9 Å². The van der Waals surface area contributed by atoms with Crippen molar-refractivity contribution < 1.29 is 13.9 Å². The molecule has 140 valence electrons. The topological polar surface area (TPSA) is 48.7 Å². The van der Waals surface area contributed by atoms with E-state index in [1.165, 1.54) is 6.26 Å². The molecule has 0 fully saturated rings. The molecule has 4 rings (SSSR count). The molecule has 4 nitrogen and oxygen atoms in total. The zero-order chi connectivity index (χ0) is 19.5. The number of ether oxygens (including phenoxy) is 2. The first-order valence-electron chi connectivity index (χ1n) is 8.76. The lowest BCUT2D eigenvalue weighted by atomic mass is 10.2. The highest BCUT2D eigenvalue weighted by atomic mass is 35.5. The van der Waals surface area contributed by atoms with Gasteiger partial charge in [0.25, 0.3) is 0 Å². The summed E-state index contributed by atoms with van der Waals surface area (Å²) >= 11 is 5.89. The monoisotopic (exact) mass is 392 g/mol. The van der Waals surface area contributed by atoms with Crippen molar-refractivity contribution in [3.63, 3.8) is 0 Å². The van der Waals surface area contributed by atoms with E-state index in [9.17, 15) is 4.79 Å². The molecule has 0 unspecified atom stereocenters. The average Bonchev–Trinajstić information content (AvgIpc) is 2.71. The molecule has 28 heavy (non-hydrogen) atoms. The van der Waals surface area contributed by atoms with Gasteiger partial charge >= 0.3 is 0 Å². The van der Waals surface area contributed by atoms with Crippen molar-refractivity contribution in [2.24, 2.45) is 0 Å². The zero-order valence-electron chi connectivity index (χ0n) is 15.1. The van der Waals surface area contributed by atoms with Gasteiger partial charge < -0.3 is 13.9 Å². The highest BCUT2D eigenvalue weighted by Crippen LogP contribution is 2.24. The molecule has 0 atom stereocenters. The first-order chi connectivity index (χ1) is 13.6. The first-order valence-corrected chi connectivity index (χ1v) is 9.13. The van der Waals surface area contributed by atoms with E-state index in [0.717, 1.165) is 11.1 Å². The fourth-order valence-corrected chi connectivity index (χ4v) is 2.86. The molecule has 0 N–H and O–H groups in total. The van der Waals surface area contributed by atoms with E-state index >= 15 is 0 Å². The molecule has 0 amide bonds. The summed E-state index contributed by atoms with van der Waals surface area (Å²) in [6.07, 6.45) is 1.33. The van der Waals surface area contributed by atoms with Crippen LogP contribution in [0.25, 0.3) is 11.0 Å². The summed E-state index contributed by atoms with van der Waals surface area (Å²) in [6, 6.07) is 20.0. The van der Waals surface area contributed by atoms with Crippen LogP contribution in [0.4, 0.5) is 0 Å². The molecule has 0 saturated carbocycles. The molecule has 0 aliphatic carbocycles. The SMILES string of the molecule is Cc1ccc(Oc2coc3cc(OCc4ccc(Cl)cc4)ccc3c2=O)cc1.